The van der Waals surface area contributed by atoms with Gasteiger partial charge < -0.3 is 14.8 Å². The molecule has 1 spiro atoms. The third kappa shape index (κ3) is 3.96. The monoisotopic (exact) mass is 525 g/mol. The molecule has 0 aliphatic carbocycles. The van der Waals surface area contributed by atoms with E-state index in [1.165, 1.54) is 12.1 Å². The molecule has 10 heteroatoms. The number of imide groups is 1. The molecule has 2 saturated heterocycles. The van der Waals surface area contributed by atoms with Gasteiger partial charge in [-0.15, -0.1) is 0 Å². The number of hydrogen-bond acceptors (Lipinski definition) is 4. The van der Waals surface area contributed by atoms with Crippen molar-refractivity contribution in [1.82, 2.24) is 25.1 Å². The van der Waals surface area contributed by atoms with E-state index in [4.69, 9.17) is 16.6 Å². The first-order valence-electron chi connectivity index (χ1n) is 12.1. The molecule has 2 aliphatic rings. The number of carbonyl (C=O) groups is 3. The van der Waals surface area contributed by atoms with Crippen molar-refractivity contribution >= 4 is 40.5 Å². The Morgan fingerprint density at radius 1 is 1.16 bits per heavy atom. The van der Waals surface area contributed by atoms with Crippen molar-refractivity contribution in [1.29, 1.82) is 0 Å². The molecule has 5 rings (SSSR count). The van der Waals surface area contributed by atoms with Gasteiger partial charge >= 0.3 is 6.03 Å². The third-order valence-corrected chi connectivity index (χ3v) is 7.86. The zero-order valence-corrected chi connectivity index (χ0v) is 22.2. The molecule has 2 aliphatic heterocycles. The summed E-state index contributed by atoms with van der Waals surface area (Å²) in [7, 11) is 0. The quantitative estimate of drug-likeness (QED) is 0.474. The Morgan fingerprint density at radius 2 is 1.89 bits per heavy atom. The summed E-state index contributed by atoms with van der Waals surface area (Å²) in [6.07, 6.45) is 2.22. The van der Waals surface area contributed by atoms with E-state index in [1.807, 2.05) is 51.4 Å². The van der Waals surface area contributed by atoms with E-state index >= 15 is 0 Å². The first-order chi connectivity index (χ1) is 17.2. The van der Waals surface area contributed by atoms with E-state index < -0.39 is 22.8 Å². The van der Waals surface area contributed by atoms with E-state index in [-0.39, 0.29) is 34.6 Å². The smallest absolute Gasteiger partial charge is 0.322 e. The Hall–Kier alpha value is -3.46. The normalized spacial score (nSPS) is 21.4. The predicted molar refractivity (Wildman–Crippen MR) is 139 cm³/mol. The van der Waals surface area contributed by atoms with Crippen molar-refractivity contribution in [2.24, 2.45) is 5.41 Å². The Balaban J connectivity index is 1.52. The maximum atomic E-state index is 14.2. The topological polar surface area (TPSA) is 96.3 Å². The van der Waals surface area contributed by atoms with E-state index in [0.717, 1.165) is 10.9 Å². The standard InChI is InChI=1S/C27H29ClFN5O3/c1-25(2,3)34-13-17(15-6-8-18(28)19(29)12-15)16-7-9-20(30-21(16)34)22(35)33-11-10-27(26(4,5)14-33)23(36)31-24(37)32-27/h6-9,12-13H,10-11,14H2,1-5H3,(H2,31,32,36,37). The van der Waals surface area contributed by atoms with Crippen molar-refractivity contribution in [3.63, 3.8) is 0 Å². The Kier molecular flexibility index (Phi) is 5.64. The largest absolute Gasteiger partial charge is 0.337 e. The van der Waals surface area contributed by atoms with Crippen LogP contribution in [0.2, 0.25) is 5.02 Å². The van der Waals surface area contributed by atoms with E-state index in [2.05, 4.69) is 10.6 Å². The van der Waals surface area contributed by atoms with Gasteiger partial charge in [-0.1, -0.05) is 31.5 Å². The Labute approximate surface area is 219 Å². The van der Waals surface area contributed by atoms with Crippen molar-refractivity contribution < 1.29 is 18.8 Å². The number of pyridine rings is 1. The summed E-state index contributed by atoms with van der Waals surface area (Å²) in [4.78, 5) is 44.5. The summed E-state index contributed by atoms with van der Waals surface area (Å²) in [5.41, 5.74) is 0.229. The number of amides is 4. The van der Waals surface area contributed by atoms with Gasteiger partial charge in [-0.3, -0.25) is 14.9 Å². The zero-order valence-electron chi connectivity index (χ0n) is 21.4. The average molecular weight is 526 g/mol. The predicted octanol–water partition coefficient (Wildman–Crippen LogP) is 4.70. The summed E-state index contributed by atoms with van der Waals surface area (Å²) in [6, 6.07) is 7.68. The van der Waals surface area contributed by atoms with Crippen LogP contribution in [0.4, 0.5) is 9.18 Å². The van der Waals surface area contributed by atoms with Crippen molar-refractivity contribution in [3.05, 3.63) is 53.1 Å². The van der Waals surface area contributed by atoms with Gasteiger partial charge in [0.25, 0.3) is 11.8 Å². The van der Waals surface area contributed by atoms with Crippen molar-refractivity contribution in [3.8, 4) is 11.1 Å². The molecule has 194 valence electrons. The maximum absolute atomic E-state index is 14.2. The highest BCUT2D eigenvalue weighted by atomic mass is 35.5. The molecule has 1 atom stereocenters. The molecule has 0 bridgehead atoms. The van der Waals surface area contributed by atoms with Crippen LogP contribution in [0.1, 0.15) is 51.5 Å². The molecule has 4 amide bonds. The molecule has 0 saturated carbocycles. The highest BCUT2D eigenvalue weighted by Crippen LogP contribution is 2.41. The number of hydrogen-bond donors (Lipinski definition) is 2. The van der Waals surface area contributed by atoms with Gasteiger partial charge in [-0.25, -0.2) is 14.2 Å². The van der Waals surface area contributed by atoms with Gasteiger partial charge in [0.05, 0.1) is 5.02 Å². The molecule has 1 aromatic carbocycles. The van der Waals surface area contributed by atoms with Crippen LogP contribution < -0.4 is 10.6 Å². The van der Waals surface area contributed by atoms with E-state index in [1.54, 1.807) is 17.0 Å². The van der Waals surface area contributed by atoms with Gasteiger partial charge in [0.2, 0.25) is 0 Å². The summed E-state index contributed by atoms with van der Waals surface area (Å²) < 4.78 is 16.2. The second-order valence-electron chi connectivity index (χ2n) is 11.5. The molecule has 37 heavy (non-hydrogen) atoms. The fourth-order valence-corrected chi connectivity index (χ4v) is 5.56. The van der Waals surface area contributed by atoms with Crippen LogP contribution in [0.5, 0.6) is 0 Å². The molecule has 0 radical (unpaired) electrons. The van der Waals surface area contributed by atoms with E-state index in [9.17, 15) is 18.8 Å². The zero-order chi connectivity index (χ0) is 26.9. The van der Waals surface area contributed by atoms with Crippen LogP contribution in [0.3, 0.4) is 0 Å². The Morgan fingerprint density at radius 3 is 2.49 bits per heavy atom. The number of nitrogens with zero attached hydrogens (tertiary/aromatic N) is 3. The second kappa shape index (κ2) is 8.28. The number of aromatic nitrogens is 2. The number of nitrogens with one attached hydrogen (secondary N) is 2. The lowest BCUT2D eigenvalue weighted by molar-refractivity contribution is -0.131. The molecule has 2 N–H and O–H groups in total. The second-order valence-corrected chi connectivity index (χ2v) is 11.9. The molecule has 2 aromatic heterocycles. The van der Waals surface area contributed by atoms with Crippen LogP contribution in [0, 0.1) is 11.2 Å². The van der Waals surface area contributed by atoms with Crippen LogP contribution in [0.15, 0.2) is 36.5 Å². The summed E-state index contributed by atoms with van der Waals surface area (Å²) in [5, 5.41) is 5.96. The number of likely N-dealkylation sites (tertiary alicyclic amines) is 1. The molecule has 3 aromatic rings. The molecular weight excluding hydrogens is 497 g/mol. The minimum Gasteiger partial charge on any atom is -0.337 e. The lowest BCUT2D eigenvalue weighted by Crippen LogP contribution is -2.66. The van der Waals surface area contributed by atoms with Crippen LogP contribution >= 0.6 is 11.6 Å². The van der Waals surface area contributed by atoms with E-state index in [0.29, 0.717) is 24.2 Å². The molecule has 8 nitrogen and oxygen atoms in total. The average Bonchev–Trinajstić information content (AvgIpc) is 3.34. The van der Waals surface area contributed by atoms with Gasteiger partial charge in [-0.05, 0) is 57.0 Å². The molecule has 4 heterocycles. The van der Waals surface area contributed by atoms with Crippen LogP contribution in [-0.2, 0) is 10.3 Å². The lowest BCUT2D eigenvalue weighted by Gasteiger charge is -2.49. The summed E-state index contributed by atoms with van der Waals surface area (Å²) >= 11 is 5.89. The SMILES string of the molecule is CC(C)(C)n1cc(-c2ccc(Cl)c(F)c2)c2ccc(C(=O)N3CCC4(NC(=O)NC4=O)C(C)(C)C3)nc21. The number of piperidine rings is 1. The van der Waals surface area contributed by atoms with Crippen LogP contribution in [0.25, 0.3) is 22.2 Å². The number of fused-ring (bicyclic) bond motifs is 1. The van der Waals surface area contributed by atoms with Gasteiger partial charge in [0, 0.05) is 41.2 Å². The van der Waals surface area contributed by atoms with Gasteiger partial charge in [0.1, 0.15) is 22.7 Å². The Bertz CT molecular complexity index is 1470. The van der Waals surface area contributed by atoms with Gasteiger partial charge in [0.15, 0.2) is 0 Å². The number of halogens is 2. The van der Waals surface area contributed by atoms with Crippen molar-refractivity contribution in [2.45, 2.75) is 52.1 Å². The fraction of sp³-hybridized carbons (Fsp3) is 0.407. The van der Waals surface area contributed by atoms with Gasteiger partial charge in [-0.2, -0.15) is 0 Å². The highest BCUT2D eigenvalue weighted by Gasteiger charge is 2.59. The summed E-state index contributed by atoms with van der Waals surface area (Å²) in [6.45, 7) is 10.4. The fourth-order valence-electron chi connectivity index (χ4n) is 5.44. The number of benzene rings is 1. The van der Waals surface area contributed by atoms with Crippen LogP contribution in [-0.4, -0.2) is 50.9 Å². The summed E-state index contributed by atoms with van der Waals surface area (Å²) in [5.74, 6) is -1.12. The third-order valence-electron chi connectivity index (χ3n) is 7.55. The molecule has 2 fully saturated rings. The van der Waals surface area contributed by atoms with Crippen molar-refractivity contribution in [2.75, 3.05) is 13.1 Å². The number of rotatable bonds is 2. The number of urea groups is 1. The first kappa shape index (κ1) is 25.2. The minimum absolute atomic E-state index is 0.0511. The number of carbonyl (C=O) groups excluding carboxylic acids is 3. The lowest BCUT2D eigenvalue weighted by atomic mass is 9.67. The highest BCUT2D eigenvalue weighted by molar-refractivity contribution is 6.30. The maximum Gasteiger partial charge on any atom is 0.322 e. The minimum atomic E-state index is -1.05. The molecule has 1 unspecified atom stereocenters. The molecular formula is C27H29ClFN5O3. The first-order valence-corrected chi connectivity index (χ1v) is 12.5.